The average molecular weight is 740 g/mol. The quantitative estimate of drug-likeness (QED) is 0.159. The summed E-state index contributed by atoms with van der Waals surface area (Å²) in [5.74, 6) is 0. The summed E-state index contributed by atoms with van der Waals surface area (Å²) < 4.78 is 11.4. The van der Waals surface area contributed by atoms with Crippen LogP contribution in [-0.2, 0) is 17.4 Å². The van der Waals surface area contributed by atoms with Crippen LogP contribution in [0.25, 0.3) is 67.1 Å². The molecule has 2 aliphatic carbocycles. The Morgan fingerprint density at radius 3 is 1.10 bits per heavy atom. The van der Waals surface area contributed by atoms with Gasteiger partial charge in [-0.2, -0.15) is 0 Å². The number of hydrogen-bond donors (Lipinski definition) is 0. The van der Waals surface area contributed by atoms with Crippen LogP contribution in [0.5, 0.6) is 0 Å². The maximum absolute atomic E-state index is 3.75. The van der Waals surface area contributed by atoms with E-state index < -0.39 is 17.4 Å². The van der Waals surface area contributed by atoms with Crippen molar-refractivity contribution in [2.75, 3.05) is 0 Å². The summed E-state index contributed by atoms with van der Waals surface area (Å²) in [6.45, 7) is 7.26. The first-order chi connectivity index (χ1) is 24.2. The van der Waals surface area contributed by atoms with Crippen LogP contribution in [0.1, 0.15) is 43.4 Å². The molecular formula is C46H40N2SiZr. The summed E-state index contributed by atoms with van der Waals surface area (Å²) in [5.41, 5.74) is 16.6. The van der Waals surface area contributed by atoms with Gasteiger partial charge in [-0.25, -0.2) is 0 Å². The number of allylic oxidation sites excluding steroid dienone is 2. The molecule has 0 radical (unpaired) electrons. The van der Waals surface area contributed by atoms with Crippen molar-refractivity contribution in [3.05, 3.63) is 167 Å². The molecule has 2 aliphatic rings. The van der Waals surface area contributed by atoms with E-state index in [1.807, 2.05) is 0 Å². The Balaban J connectivity index is 1.15. The van der Waals surface area contributed by atoms with Crippen molar-refractivity contribution in [2.45, 2.75) is 30.4 Å². The Morgan fingerprint density at radius 1 is 0.440 bits per heavy atom. The fraction of sp³-hybridized carbons (Fsp3) is 0.130. The fourth-order valence-electron chi connectivity index (χ4n) is 10.5. The predicted molar refractivity (Wildman–Crippen MR) is 215 cm³/mol. The Hall–Kier alpha value is -4.50. The zero-order valence-electron chi connectivity index (χ0n) is 29.1. The summed E-state index contributed by atoms with van der Waals surface area (Å²) in [6, 6.07) is 49.7. The fourth-order valence-corrected chi connectivity index (χ4v) is 31.8. The third kappa shape index (κ3) is 4.04. The molecule has 0 spiro atoms. The molecule has 10 rings (SSSR count). The van der Waals surface area contributed by atoms with E-state index in [0.717, 1.165) is 0 Å². The van der Waals surface area contributed by atoms with E-state index in [1.165, 1.54) is 88.4 Å². The number of hydrogen-bond acceptors (Lipinski definition) is 0. The van der Waals surface area contributed by atoms with Crippen LogP contribution >= 0.6 is 0 Å². The van der Waals surface area contributed by atoms with Gasteiger partial charge in [0.05, 0.1) is 0 Å². The van der Waals surface area contributed by atoms with Gasteiger partial charge in [0.15, 0.2) is 0 Å². The van der Waals surface area contributed by atoms with Gasteiger partial charge in [0.25, 0.3) is 0 Å². The van der Waals surface area contributed by atoms with Crippen molar-refractivity contribution < 1.29 is 17.4 Å². The van der Waals surface area contributed by atoms with Gasteiger partial charge in [-0.15, -0.1) is 0 Å². The van der Waals surface area contributed by atoms with E-state index in [0.29, 0.717) is 7.25 Å². The van der Waals surface area contributed by atoms with Gasteiger partial charge in [-0.3, -0.25) is 0 Å². The summed E-state index contributed by atoms with van der Waals surface area (Å²) >= 11 is -3.75. The molecule has 4 heteroatoms. The molecule has 2 unspecified atom stereocenters. The number of aromatic nitrogens is 2. The summed E-state index contributed by atoms with van der Waals surface area (Å²) in [7, 11) is 0. The monoisotopic (exact) mass is 738 g/mol. The third-order valence-electron chi connectivity index (χ3n) is 12.0. The van der Waals surface area contributed by atoms with E-state index in [9.17, 15) is 0 Å². The molecule has 0 N–H and O–H groups in total. The summed E-state index contributed by atoms with van der Waals surface area (Å²) in [4.78, 5) is 0. The number of rotatable bonds is 4. The van der Waals surface area contributed by atoms with Crippen molar-refractivity contribution in [2.24, 2.45) is 0 Å². The molecule has 50 heavy (non-hydrogen) atoms. The SMILES string of the molecule is CC1=Cc2c(cccc2-n2c3ccccc3c3ccccc32)[CH]1[Zr]([CH3])([CH3])(=[SiH2])[CH]1C(C)=Cc2c1cccc2-n1c2ccccc2c2ccccc21. The standard InChI is InChI=1S/2C22H16N.2CH3.H2Si.Zr/c2*1-15-13-16-7-6-12-22(19(16)14-15)23-20-10-4-2-8-17(20)18-9-3-5-11-21(18)23;;;;/h2*2-14H,1H3;2*1H3;1H2;. The second kappa shape index (κ2) is 10.5. The molecule has 8 aromatic rings. The van der Waals surface area contributed by atoms with Gasteiger partial charge in [0.2, 0.25) is 0 Å². The Labute approximate surface area is 295 Å². The van der Waals surface area contributed by atoms with Crippen LogP contribution in [-0.4, -0.2) is 16.0 Å². The molecule has 0 saturated heterocycles. The Kier molecular flexibility index (Phi) is 6.38. The molecular weight excluding hydrogens is 700 g/mol. The van der Waals surface area contributed by atoms with Crippen molar-refractivity contribution >= 4 is 62.6 Å². The van der Waals surface area contributed by atoms with Crippen LogP contribution in [0.2, 0.25) is 9.26 Å². The first-order valence-electron chi connectivity index (χ1n) is 17.9. The number of para-hydroxylation sites is 4. The number of nitrogens with zero attached hydrogens (tertiary/aromatic N) is 2. The maximum atomic E-state index is 2.74. The van der Waals surface area contributed by atoms with Gasteiger partial charge in [-0.05, 0) is 0 Å². The Bertz CT molecular complexity index is 2590. The zero-order chi connectivity index (χ0) is 34.0. The van der Waals surface area contributed by atoms with Crippen molar-refractivity contribution in [1.29, 1.82) is 0 Å². The molecule has 2 heterocycles. The van der Waals surface area contributed by atoms with Gasteiger partial charge in [0, 0.05) is 0 Å². The normalized spacial score (nSPS) is 17.5. The van der Waals surface area contributed by atoms with Crippen LogP contribution in [0.4, 0.5) is 0 Å². The number of fused-ring (bicyclic) bond motifs is 8. The number of benzene rings is 6. The topological polar surface area (TPSA) is 9.86 Å². The van der Waals surface area contributed by atoms with Crippen LogP contribution in [0.15, 0.2) is 145 Å². The first-order valence-corrected chi connectivity index (χ1v) is 31.6. The van der Waals surface area contributed by atoms with Crippen molar-refractivity contribution in [3.63, 3.8) is 0 Å². The van der Waals surface area contributed by atoms with Crippen LogP contribution < -0.4 is 0 Å². The summed E-state index contributed by atoms with van der Waals surface area (Å²) in [6.07, 6.45) is 5.08. The predicted octanol–water partition coefficient (Wildman–Crippen LogP) is 11.8. The van der Waals surface area contributed by atoms with Gasteiger partial charge in [-0.1, -0.05) is 0 Å². The Morgan fingerprint density at radius 2 is 0.760 bits per heavy atom. The van der Waals surface area contributed by atoms with E-state index in [-0.39, 0.29) is 0 Å². The molecule has 0 fully saturated rings. The molecule has 0 aliphatic heterocycles. The third-order valence-corrected chi connectivity index (χ3v) is 30.0. The van der Waals surface area contributed by atoms with E-state index in [1.54, 1.807) is 0 Å². The minimum absolute atomic E-state index is 0.453. The minimum atomic E-state index is -3.75. The van der Waals surface area contributed by atoms with Gasteiger partial charge in [0.1, 0.15) is 0 Å². The van der Waals surface area contributed by atoms with Gasteiger partial charge < -0.3 is 0 Å². The molecule has 2 atom stereocenters. The van der Waals surface area contributed by atoms with E-state index in [2.05, 4.69) is 185 Å². The molecule has 6 aromatic carbocycles. The average Bonchev–Trinajstić information content (AvgIpc) is 3.85. The van der Waals surface area contributed by atoms with Crippen molar-refractivity contribution in [1.82, 2.24) is 9.13 Å². The molecule has 0 saturated carbocycles. The summed E-state index contributed by atoms with van der Waals surface area (Å²) in [5, 5.41) is 5.25. The van der Waals surface area contributed by atoms with Gasteiger partial charge >= 0.3 is 298 Å². The second-order valence-electron chi connectivity index (χ2n) is 15.9. The van der Waals surface area contributed by atoms with Crippen molar-refractivity contribution in [3.8, 4) is 11.4 Å². The molecule has 0 amide bonds. The van der Waals surface area contributed by atoms with E-state index >= 15 is 0 Å². The molecule has 0 bridgehead atoms. The first kappa shape index (κ1) is 30.3. The van der Waals surface area contributed by atoms with Crippen LogP contribution in [0.3, 0.4) is 0 Å². The molecule has 2 aromatic heterocycles. The second-order valence-corrected chi connectivity index (χ2v) is 46.4. The molecule has 242 valence electrons. The zero-order valence-corrected chi connectivity index (χ0v) is 33.0. The van der Waals surface area contributed by atoms with E-state index in [4.69, 9.17) is 0 Å². The van der Waals surface area contributed by atoms with Crippen LogP contribution in [0, 0.1) is 0 Å². The molecule has 2 nitrogen and oxygen atoms in total.